The number of hydrogen-bond donors (Lipinski definition) is 2. The van der Waals surface area contributed by atoms with Gasteiger partial charge in [-0.3, -0.25) is 9.89 Å². The van der Waals surface area contributed by atoms with E-state index in [0.29, 0.717) is 33.7 Å². The number of carbonyl (C=O) groups is 1. The van der Waals surface area contributed by atoms with Gasteiger partial charge in [0, 0.05) is 22.8 Å². The highest BCUT2D eigenvalue weighted by Crippen LogP contribution is 2.27. The predicted octanol–water partition coefficient (Wildman–Crippen LogP) is 3.50. The number of carboxylic acid groups (broad SMARTS) is 1. The molecule has 4 rings (SSSR count). The van der Waals surface area contributed by atoms with Gasteiger partial charge in [0.2, 0.25) is 0 Å². The van der Waals surface area contributed by atoms with E-state index in [1.165, 1.54) is 28.8 Å². The molecule has 0 aliphatic carbocycles. The van der Waals surface area contributed by atoms with Crippen molar-refractivity contribution in [3.63, 3.8) is 0 Å². The second kappa shape index (κ2) is 6.21. The van der Waals surface area contributed by atoms with Crippen molar-refractivity contribution in [3.05, 3.63) is 81.9 Å². The number of nitrogens with one attached hydrogen (secondary N) is 1. The van der Waals surface area contributed by atoms with Gasteiger partial charge in [0.15, 0.2) is 5.65 Å². The summed E-state index contributed by atoms with van der Waals surface area (Å²) in [5.74, 6) is -1.43. The minimum Gasteiger partial charge on any atom is -0.478 e. The van der Waals surface area contributed by atoms with Crippen LogP contribution in [0.25, 0.3) is 28.2 Å². The summed E-state index contributed by atoms with van der Waals surface area (Å²) in [6.45, 7) is 1.76. The normalized spacial score (nSPS) is 11.0. The highest BCUT2D eigenvalue weighted by Gasteiger charge is 2.16. The summed E-state index contributed by atoms with van der Waals surface area (Å²) in [6.07, 6.45) is 0. The Morgan fingerprint density at radius 2 is 1.85 bits per heavy atom. The second-order valence-electron chi connectivity index (χ2n) is 6.11. The van der Waals surface area contributed by atoms with E-state index in [1.54, 1.807) is 37.3 Å². The first-order chi connectivity index (χ1) is 13.0. The molecule has 2 aromatic heterocycles. The maximum absolute atomic E-state index is 14.2. The van der Waals surface area contributed by atoms with Crippen molar-refractivity contribution in [2.24, 2.45) is 0 Å². The zero-order valence-corrected chi connectivity index (χ0v) is 14.2. The van der Waals surface area contributed by atoms with E-state index in [-0.39, 0.29) is 11.1 Å². The molecule has 0 amide bonds. The number of fused-ring (bicyclic) bond motifs is 1. The second-order valence-corrected chi connectivity index (χ2v) is 6.11. The highest BCUT2D eigenvalue weighted by molar-refractivity contribution is 5.88. The lowest BCUT2D eigenvalue weighted by atomic mass is 10.1. The van der Waals surface area contributed by atoms with Crippen LogP contribution in [0.1, 0.15) is 15.9 Å². The van der Waals surface area contributed by atoms with E-state index in [0.717, 1.165) is 0 Å². The van der Waals surface area contributed by atoms with Gasteiger partial charge in [-0.2, -0.15) is 0 Å². The molecular weight excluding hydrogens is 349 g/mol. The zero-order chi connectivity index (χ0) is 19.1. The maximum Gasteiger partial charge on any atom is 0.335 e. The minimum atomic E-state index is -1.03. The third-order valence-corrected chi connectivity index (χ3v) is 4.42. The molecule has 0 spiro atoms. The Morgan fingerprint density at radius 3 is 2.52 bits per heavy atom. The number of aryl methyl sites for hydroxylation is 1. The summed E-state index contributed by atoms with van der Waals surface area (Å²) >= 11 is 0. The average Bonchev–Trinajstić information content (AvgIpc) is 2.99. The van der Waals surface area contributed by atoms with Crippen molar-refractivity contribution in [1.82, 2.24) is 14.6 Å². The van der Waals surface area contributed by atoms with Crippen LogP contribution in [0.2, 0.25) is 0 Å². The number of aromatic nitrogens is 3. The summed E-state index contributed by atoms with van der Waals surface area (Å²) in [6, 6.07) is 13.8. The molecule has 2 N–H and O–H groups in total. The molecule has 0 unspecified atom stereocenters. The van der Waals surface area contributed by atoms with Crippen LogP contribution in [0.3, 0.4) is 0 Å². The summed E-state index contributed by atoms with van der Waals surface area (Å²) < 4.78 is 15.4. The van der Waals surface area contributed by atoms with Gasteiger partial charge in [-0.1, -0.05) is 24.3 Å². The third-order valence-electron chi connectivity index (χ3n) is 4.42. The molecule has 0 saturated carbocycles. The van der Waals surface area contributed by atoms with Crippen LogP contribution in [0.15, 0.2) is 59.4 Å². The van der Waals surface area contributed by atoms with E-state index in [2.05, 4.69) is 10.1 Å². The molecule has 6 nitrogen and oxygen atoms in total. The van der Waals surface area contributed by atoms with Crippen molar-refractivity contribution < 1.29 is 14.3 Å². The Kier molecular flexibility index (Phi) is 3.84. The van der Waals surface area contributed by atoms with Gasteiger partial charge in [0.1, 0.15) is 5.82 Å². The molecule has 0 aliphatic rings. The average molecular weight is 363 g/mol. The number of rotatable bonds is 3. The maximum atomic E-state index is 14.2. The molecule has 0 aliphatic heterocycles. The predicted molar refractivity (Wildman–Crippen MR) is 98.3 cm³/mol. The first kappa shape index (κ1) is 16.7. The number of nitrogens with zero attached hydrogens (tertiary/aromatic N) is 2. The molecule has 0 saturated heterocycles. The standard InChI is InChI=1S/C20H14FN3O3/c1-11-18(14-4-2-3-5-15(14)21)23-24-17(25)10-16(22-19(11)24)12-6-8-13(9-7-12)20(26)27/h2-10,23H,1H3,(H,26,27). The zero-order valence-electron chi connectivity index (χ0n) is 14.2. The molecule has 0 atom stereocenters. The van der Waals surface area contributed by atoms with Gasteiger partial charge in [-0.05, 0) is 31.2 Å². The topological polar surface area (TPSA) is 87.5 Å². The Bertz CT molecular complexity index is 1240. The Hall–Kier alpha value is -3.74. The lowest BCUT2D eigenvalue weighted by molar-refractivity contribution is 0.0697. The van der Waals surface area contributed by atoms with E-state index in [4.69, 9.17) is 5.11 Å². The highest BCUT2D eigenvalue weighted by atomic mass is 19.1. The molecule has 2 heterocycles. The van der Waals surface area contributed by atoms with Crippen LogP contribution in [-0.4, -0.2) is 25.7 Å². The SMILES string of the molecule is Cc1c(-c2ccccc2F)[nH]n2c(=O)cc(-c3ccc(C(=O)O)cc3)nc12. The number of benzene rings is 2. The van der Waals surface area contributed by atoms with Gasteiger partial charge in [0.05, 0.1) is 17.0 Å². The fourth-order valence-corrected chi connectivity index (χ4v) is 3.01. The lowest BCUT2D eigenvalue weighted by Gasteiger charge is -2.02. The first-order valence-electron chi connectivity index (χ1n) is 8.16. The molecular formula is C20H14FN3O3. The van der Waals surface area contributed by atoms with Gasteiger partial charge < -0.3 is 5.11 Å². The summed E-state index contributed by atoms with van der Waals surface area (Å²) in [7, 11) is 0. The van der Waals surface area contributed by atoms with Gasteiger partial charge in [-0.15, -0.1) is 0 Å². The van der Waals surface area contributed by atoms with Crippen LogP contribution in [0, 0.1) is 12.7 Å². The Morgan fingerprint density at radius 1 is 1.15 bits per heavy atom. The Balaban J connectivity index is 1.89. The summed E-state index contributed by atoms with van der Waals surface area (Å²) in [5.41, 5.74) is 2.70. The van der Waals surface area contributed by atoms with Crippen molar-refractivity contribution >= 4 is 11.6 Å². The molecule has 7 heteroatoms. The van der Waals surface area contributed by atoms with E-state index < -0.39 is 11.8 Å². The molecule has 4 aromatic rings. The van der Waals surface area contributed by atoms with E-state index >= 15 is 0 Å². The van der Waals surface area contributed by atoms with Crippen LogP contribution in [0.5, 0.6) is 0 Å². The number of aromatic carboxylic acids is 1. The van der Waals surface area contributed by atoms with Crippen LogP contribution in [-0.2, 0) is 0 Å². The smallest absolute Gasteiger partial charge is 0.335 e. The van der Waals surface area contributed by atoms with Gasteiger partial charge in [0.25, 0.3) is 5.56 Å². The Labute approximate surface area is 152 Å². The fraction of sp³-hybridized carbons (Fsp3) is 0.0500. The lowest BCUT2D eigenvalue weighted by Crippen LogP contribution is -2.14. The van der Waals surface area contributed by atoms with Gasteiger partial charge >= 0.3 is 5.97 Å². The third kappa shape index (κ3) is 2.79. The fourth-order valence-electron chi connectivity index (χ4n) is 3.01. The largest absolute Gasteiger partial charge is 0.478 e. The minimum absolute atomic E-state index is 0.149. The number of H-pyrrole nitrogens is 1. The molecule has 27 heavy (non-hydrogen) atoms. The van der Waals surface area contributed by atoms with Crippen molar-refractivity contribution in [3.8, 4) is 22.5 Å². The van der Waals surface area contributed by atoms with Crippen LogP contribution in [0.4, 0.5) is 4.39 Å². The van der Waals surface area contributed by atoms with Crippen LogP contribution < -0.4 is 5.56 Å². The van der Waals surface area contributed by atoms with Crippen molar-refractivity contribution in [1.29, 1.82) is 0 Å². The molecule has 0 fully saturated rings. The number of carboxylic acids is 1. The molecule has 2 aromatic carbocycles. The van der Waals surface area contributed by atoms with E-state index in [1.807, 2.05) is 0 Å². The van der Waals surface area contributed by atoms with Gasteiger partial charge in [-0.25, -0.2) is 18.7 Å². The van der Waals surface area contributed by atoms with Crippen molar-refractivity contribution in [2.75, 3.05) is 0 Å². The first-order valence-corrected chi connectivity index (χ1v) is 8.16. The molecule has 0 radical (unpaired) electrons. The quantitative estimate of drug-likeness (QED) is 0.583. The molecule has 0 bridgehead atoms. The monoisotopic (exact) mass is 363 g/mol. The number of hydrogen-bond acceptors (Lipinski definition) is 3. The molecule has 134 valence electrons. The van der Waals surface area contributed by atoms with Crippen LogP contribution >= 0.6 is 0 Å². The van der Waals surface area contributed by atoms with Crippen molar-refractivity contribution in [2.45, 2.75) is 6.92 Å². The summed E-state index contributed by atoms with van der Waals surface area (Å²) in [4.78, 5) is 28.0. The van der Waals surface area contributed by atoms with E-state index in [9.17, 15) is 14.0 Å². The number of aromatic amines is 1. The summed E-state index contributed by atoms with van der Waals surface area (Å²) in [5, 5.41) is 11.9. The number of halogens is 1.